The minimum atomic E-state index is -0.447. The molecule has 1 fully saturated rings. The second-order valence-corrected chi connectivity index (χ2v) is 6.09. The van der Waals surface area contributed by atoms with E-state index in [4.69, 9.17) is 0 Å². The van der Waals surface area contributed by atoms with E-state index in [1.807, 2.05) is 23.6 Å². The third-order valence-corrected chi connectivity index (χ3v) is 4.11. The van der Waals surface area contributed by atoms with Gasteiger partial charge < -0.3 is 20.4 Å². The molecule has 26 heavy (non-hydrogen) atoms. The fourth-order valence-electron chi connectivity index (χ4n) is 2.78. The Morgan fingerprint density at radius 1 is 1.15 bits per heavy atom. The van der Waals surface area contributed by atoms with Gasteiger partial charge in [-0.25, -0.2) is 13.8 Å². The summed E-state index contributed by atoms with van der Waals surface area (Å²) in [5.74, 6) is -0.314. The van der Waals surface area contributed by atoms with Gasteiger partial charge in [0.2, 0.25) is 5.91 Å². The number of carbonyl (C=O) groups excluding carboxylic acids is 1. The summed E-state index contributed by atoms with van der Waals surface area (Å²) in [7, 11) is 0. The molecule has 0 saturated carbocycles. The Hall–Kier alpha value is -2.38. The van der Waals surface area contributed by atoms with Gasteiger partial charge in [-0.3, -0.25) is 4.79 Å². The van der Waals surface area contributed by atoms with Gasteiger partial charge in [0.05, 0.1) is 5.69 Å². The Morgan fingerprint density at radius 2 is 1.88 bits per heavy atom. The molecular weight excluding hydrogens is 340 g/mol. The number of piperazine rings is 1. The predicted molar refractivity (Wildman–Crippen MR) is 99.4 cm³/mol. The highest BCUT2D eigenvalue weighted by Gasteiger charge is 2.22. The first kappa shape index (κ1) is 19.9. The van der Waals surface area contributed by atoms with Gasteiger partial charge in [0.1, 0.15) is 18.2 Å². The van der Waals surface area contributed by atoms with E-state index < -0.39 is 11.6 Å². The summed E-state index contributed by atoms with van der Waals surface area (Å²) < 4.78 is 27.3. The van der Waals surface area contributed by atoms with Crippen LogP contribution in [0.25, 0.3) is 0 Å². The number of nitrogens with zero attached hydrogens (tertiary/aromatic N) is 3. The van der Waals surface area contributed by atoms with Gasteiger partial charge in [-0.05, 0) is 25.5 Å². The number of hydrogen-bond donors (Lipinski definition) is 2. The van der Waals surface area contributed by atoms with Crippen molar-refractivity contribution in [3.63, 3.8) is 0 Å². The number of aliphatic imine (C=N–C) groups is 1. The highest BCUT2D eigenvalue weighted by Crippen LogP contribution is 2.21. The Balaban J connectivity index is 1.96. The molecule has 1 amide bonds. The van der Waals surface area contributed by atoms with Crippen LogP contribution < -0.4 is 15.5 Å². The van der Waals surface area contributed by atoms with Crippen LogP contribution in [0, 0.1) is 11.6 Å². The SMILES string of the molecule is CCCNC(=O)CN=C(NCC)N1CCN(c2cc(F)ccc2F)CC1. The first-order valence-electron chi connectivity index (χ1n) is 9.05. The third-order valence-electron chi connectivity index (χ3n) is 4.11. The van der Waals surface area contributed by atoms with Crippen LogP contribution >= 0.6 is 0 Å². The van der Waals surface area contributed by atoms with Crippen molar-refractivity contribution in [3.05, 3.63) is 29.8 Å². The minimum Gasteiger partial charge on any atom is -0.366 e. The van der Waals surface area contributed by atoms with Gasteiger partial charge >= 0.3 is 0 Å². The quantitative estimate of drug-likeness (QED) is 0.592. The molecule has 8 heteroatoms. The largest absolute Gasteiger partial charge is 0.366 e. The molecule has 6 nitrogen and oxygen atoms in total. The second kappa shape index (κ2) is 9.94. The van der Waals surface area contributed by atoms with Crippen LogP contribution in [0.15, 0.2) is 23.2 Å². The first-order chi connectivity index (χ1) is 12.5. The fourth-order valence-corrected chi connectivity index (χ4v) is 2.78. The summed E-state index contributed by atoms with van der Waals surface area (Å²) in [5.41, 5.74) is 0.283. The van der Waals surface area contributed by atoms with Crippen LogP contribution in [0.1, 0.15) is 20.3 Å². The van der Waals surface area contributed by atoms with Crippen LogP contribution in [0.5, 0.6) is 0 Å². The number of benzene rings is 1. The van der Waals surface area contributed by atoms with E-state index in [1.165, 1.54) is 6.07 Å². The lowest BCUT2D eigenvalue weighted by Crippen LogP contribution is -2.53. The highest BCUT2D eigenvalue weighted by molar-refractivity contribution is 5.85. The Bertz CT molecular complexity index is 630. The molecule has 144 valence electrons. The minimum absolute atomic E-state index is 0.0705. The molecule has 0 spiro atoms. The average molecular weight is 367 g/mol. The maximum absolute atomic E-state index is 13.9. The molecule has 1 aromatic rings. The summed E-state index contributed by atoms with van der Waals surface area (Å²) in [6.45, 7) is 7.67. The highest BCUT2D eigenvalue weighted by atomic mass is 19.1. The van der Waals surface area contributed by atoms with Crippen molar-refractivity contribution < 1.29 is 13.6 Å². The van der Waals surface area contributed by atoms with Crippen molar-refractivity contribution in [2.24, 2.45) is 4.99 Å². The molecule has 0 aromatic heterocycles. The molecule has 1 heterocycles. The number of halogens is 2. The maximum Gasteiger partial charge on any atom is 0.241 e. The van der Waals surface area contributed by atoms with E-state index in [1.54, 1.807) is 0 Å². The van der Waals surface area contributed by atoms with E-state index in [9.17, 15) is 13.6 Å². The van der Waals surface area contributed by atoms with Gasteiger partial charge in [-0.2, -0.15) is 0 Å². The second-order valence-electron chi connectivity index (χ2n) is 6.09. The Labute approximate surface area is 153 Å². The molecule has 1 aliphatic heterocycles. The number of nitrogens with one attached hydrogen (secondary N) is 2. The number of amides is 1. The van der Waals surface area contributed by atoms with Crippen LogP contribution in [-0.2, 0) is 4.79 Å². The summed E-state index contributed by atoms with van der Waals surface area (Å²) in [4.78, 5) is 20.0. The fraction of sp³-hybridized carbons (Fsp3) is 0.556. The summed E-state index contributed by atoms with van der Waals surface area (Å²) in [6.07, 6.45) is 0.883. The zero-order chi connectivity index (χ0) is 18.9. The molecule has 1 aliphatic rings. The molecule has 0 aliphatic carbocycles. The van der Waals surface area contributed by atoms with E-state index >= 15 is 0 Å². The van der Waals surface area contributed by atoms with Gasteiger partial charge in [0.15, 0.2) is 5.96 Å². The Kier molecular flexibility index (Phi) is 7.62. The number of rotatable bonds is 6. The van der Waals surface area contributed by atoms with Crippen molar-refractivity contribution in [2.75, 3.05) is 50.7 Å². The van der Waals surface area contributed by atoms with Gasteiger partial charge in [-0.1, -0.05) is 6.92 Å². The van der Waals surface area contributed by atoms with Crippen molar-refractivity contribution in [1.29, 1.82) is 0 Å². The molecule has 0 unspecified atom stereocenters. The monoisotopic (exact) mass is 367 g/mol. The summed E-state index contributed by atoms with van der Waals surface area (Å²) >= 11 is 0. The van der Waals surface area contributed by atoms with Crippen LogP contribution in [0.4, 0.5) is 14.5 Å². The molecule has 0 radical (unpaired) electrons. The normalized spacial score (nSPS) is 15.2. The predicted octanol–water partition coefficient (Wildman–Crippen LogP) is 1.58. The number of anilines is 1. The zero-order valence-corrected chi connectivity index (χ0v) is 15.4. The maximum atomic E-state index is 13.9. The van der Waals surface area contributed by atoms with Crippen LogP contribution in [-0.4, -0.2) is 62.6 Å². The van der Waals surface area contributed by atoms with E-state index in [-0.39, 0.29) is 18.1 Å². The molecule has 1 saturated heterocycles. The van der Waals surface area contributed by atoms with Gasteiger partial charge in [-0.15, -0.1) is 0 Å². The van der Waals surface area contributed by atoms with Crippen LogP contribution in [0.2, 0.25) is 0 Å². The molecule has 2 N–H and O–H groups in total. The molecule has 2 rings (SSSR count). The van der Waals surface area contributed by atoms with Crippen molar-refractivity contribution in [3.8, 4) is 0 Å². The summed E-state index contributed by atoms with van der Waals surface area (Å²) in [5, 5.41) is 5.98. The standard InChI is InChI=1S/C18H27F2N5O/c1-3-7-22-17(26)13-23-18(21-4-2)25-10-8-24(9-11-25)16-12-14(19)5-6-15(16)20/h5-6,12H,3-4,7-11,13H2,1-2H3,(H,21,23)(H,22,26). The smallest absolute Gasteiger partial charge is 0.241 e. The number of guanidine groups is 1. The topological polar surface area (TPSA) is 60.0 Å². The lowest BCUT2D eigenvalue weighted by atomic mass is 10.2. The molecule has 0 bridgehead atoms. The Morgan fingerprint density at radius 3 is 2.54 bits per heavy atom. The van der Waals surface area contributed by atoms with E-state index in [0.29, 0.717) is 45.2 Å². The molecular formula is C18H27F2N5O. The van der Waals surface area contributed by atoms with E-state index in [0.717, 1.165) is 18.6 Å². The third kappa shape index (κ3) is 5.57. The van der Waals surface area contributed by atoms with Crippen molar-refractivity contribution >= 4 is 17.6 Å². The number of carbonyl (C=O) groups is 1. The number of hydrogen-bond acceptors (Lipinski definition) is 3. The molecule has 0 atom stereocenters. The van der Waals surface area contributed by atoms with Crippen molar-refractivity contribution in [2.45, 2.75) is 20.3 Å². The lowest BCUT2D eigenvalue weighted by molar-refractivity contribution is -0.119. The van der Waals surface area contributed by atoms with Gasteiger partial charge in [0, 0.05) is 45.3 Å². The average Bonchev–Trinajstić information content (AvgIpc) is 2.65. The van der Waals surface area contributed by atoms with Crippen molar-refractivity contribution in [1.82, 2.24) is 15.5 Å². The zero-order valence-electron chi connectivity index (χ0n) is 15.4. The molecule has 1 aromatic carbocycles. The van der Waals surface area contributed by atoms with E-state index in [2.05, 4.69) is 15.6 Å². The summed E-state index contributed by atoms with van der Waals surface area (Å²) in [6, 6.07) is 3.49. The van der Waals surface area contributed by atoms with Crippen LogP contribution in [0.3, 0.4) is 0 Å². The lowest BCUT2D eigenvalue weighted by Gasteiger charge is -2.37. The van der Waals surface area contributed by atoms with Gasteiger partial charge in [0.25, 0.3) is 0 Å². The first-order valence-corrected chi connectivity index (χ1v) is 9.05.